The first-order valence-corrected chi connectivity index (χ1v) is 8.94. The van der Waals surface area contributed by atoms with Crippen LogP contribution in [0.2, 0.25) is 0 Å². The van der Waals surface area contributed by atoms with Crippen molar-refractivity contribution in [3.63, 3.8) is 0 Å². The van der Waals surface area contributed by atoms with Crippen molar-refractivity contribution >= 4 is 5.69 Å². The molecule has 0 spiro atoms. The molecule has 1 aliphatic carbocycles. The summed E-state index contributed by atoms with van der Waals surface area (Å²) in [6.45, 7) is 7.03. The van der Waals surface area contributed by atoms with Crippen LogP contribution in [0.3, 0.4) is 0 Å². The molecule has 0 unspecified atom stereocenters. The van der Waals surface area contributed by atoms with Gasteiger partial charge in [0.1, 0.15) is 5.75 Å². The number of anilines is 1. The van der Waals surface area contributed by atoms with Gasteiger partial charge < -0.3 is 15.0 Å². The molecule has 0 atom stereocenters. The van der Waals surface area contributed by atoms with Crippen LogP contribution >= 0.6 is 0 Å². The fraction of sp³-hybridized carbons (Fsp3) is 0.684. The monoisotopic (exact) mass is 304 g/mol. The minimum absolute atomic E-state index is 0.711. The summed E-state index contributed by atoms with van der Waals surface area (Å²) in [6.07, 6.45) is 7.85. The third-order valence-corrected chi connectivity index (χ3v) is 4.53. The molecule has 0 heterocycles. The summed E-state index contributed by atoms with van der Waals surface area (Å²) in [5.41, 5.74) is 2.53. The Labute approximate surface area is 136 Å². The van der Waals surface area contributed by atoms with Gasteiger partial charge in [-0.1, -0.05) is 32.3 Å². The minimum Gasteiger partial charge on any atom is -0.492 e. The van der Waals surface area contributed by atoms with Crippen LogP contribution in [0.4, 0.5) is 5.69 Å². The third kappa shape index (κ3) is 4.91. The van der Waals surface area contributed by atoms with Crippen LogP contribution in [0.25, 0.3) is 0 Å². The molecule has 22 heavy (non-hydrogen) atoms. The largest absolute Gasteiger partial charge is 0.492 e. The number of nitrogens with one attached hydrogen (secondary N) is 1. The SMILES string of the molecule is CCCCN(C)c1ccc(CNC2CCCC2)cc1OCC. The molecule has 0 saturated heterocycles. The number of ether oxygens (including phenoxy) is 1. The molecule has 1 saturated carbocycles. The Morgan fingerprint density at radius 2 is 2.00 bits per heavy atom. The van der Waals surface area contributed by atoms with Crippen molar-refractivity contribution in [2.45, 2.75) is 65.0 Å². The molecule has 0 radical (unpaired) electrons. The quantitative estimate of drug-likeness (QED) is 0.734. The van der Waals surface area contributed by atoms with Crippen LogP contribution in [0.15, 0.2) is 18.2 Å². The summed E-state index contributed by atoms with van der Waals surface area (Å²) in [5, 5.41) is 3.68. The van der Waals surface area contributed by atoms with E-state index in [1.165, 1.54) is 49.8 Å². The van der Waals surface area contributed by atoms with E-state index in [-0.39, 0.29) is 0 Å². The molecule has 1 aromatic carbocycles. The van der Waals surface area contributed by atoms with Gasteiger partial charge >= 0.3 is 0 Å². The Kier molecular flexibility index (Phi) is 7.04. The molecule has 1 aromatic rings. The zero-order valence-corrected chi connectivity index (χ0v) is 14.5. The highest BCUT2D eigenvalue weighted by atomic mass is 16.5. The van der Waals surface area contributed by atoms with E-state index in [1.54, 1.807) is 0 Å². The van der Waals surface area contributed by atoms with E-state index < -0.39 is 0 Å². The Hall–Kier alpha value is -1.22. The molecule has 3 nitrogen and oxygen atoms in total. The van der Waals surface area contributed by atoms with Crippen molar-refractivity contribution in [3.8, 4) is 5.75 Å². The predicted octanol–water partition coefficient (Wildman–Crippen LogP) is 4.35. The first kappa shape index (κ1) is 17.1. The van der Waals surface area contributed by atoms with Gasteiger partial charge in [0.2, 0.25) is 0 Å². The zero-order valence-electron chi connectivity index (χ0n) is 14.5. The fourth-order valence-corrected chi connectivity index (χ4v) is 3.16. The van der Waals surface area contributed by atoms with Crippen molar-refractivity contribution in [1.29, 1.82) is 0 Å². The maximum Gasteiger partial charge on any atom is 0.142 e. The second kappa shape index (κ2) is 9.04. The smallest absolute Gasteiger partial charge is 0.142 e. The highest BCUT2D eigenvalue weighted by Crippen LogP contribution is 2.29. The van der Waals surface area contributed by atoms with E-state index in [9.17, 15) is 0 Å². The Morgan fingerprint density at radius 1 is 1.23 bits per heavy atom. The second-order valence-electron chi connectivity index (χ2n) is 6.37. The average Bonchev–Trinajstić information content (AvgIpc) is 3.04. The Bertz CT molecular complexity index is 441. The number of hydrogen-bond acceptors (Lipinski definition) is 3. The minimum atomic E-state index is 0.711. The van der Waals surface area contributed by atoms with Gasteiger partial charge in [0.15, 0.2) is 0 Å². The van der Waals surface area contributed by atoms with Crippen LogP contribution in [-0.2, 0) is 6.54 Å². The van der Waals surface area contributed by atoms with Gasteiger partial charge in [0.25, 0.3) is 0 Å². The standard InChI is InChI=1S/C19H32N2O/c1-4-6-13-21(3)18-12-11-16(14-19(18)22-5-2)15-20-17-9-7-8-10-17/h11-12,14,17,20H,4-10,13,15H2,1-3H3. The highest BCUT2D eigenvalue weighted by Gasteiger charge is 2.15. The number of nitrogens with zero attached hydrogens (tertiary/aromatic N) is 1. The van der Waals surface area contributed by atoms with Gasteiger partial charge in [0.05, 0.1) is 12.3 Å². The molecule has 124 valence electrons. The van der Waals surface area contributed by atoms with Crippen LogP contribution in [-0.4, -0.2) is 26.2 Å². The van der Waals surface area contributed by atoms with Gasteiger partial charge in [-0.25, -0.2) is 0 Å². The number of hydrogen-bond donors (Lipinski definition) is 1. The molecular weight excluding hydrogens is 272 g/mol. The lowest BCUT2D eigenvalue weighted by atomic mass is 10.1. The van der Waals surface area contributed by atoms with E-state index >= 15 is 0 Å². The van der Waals surface area contributed by atoms with E-state index in [0.717, 1.165) is 18.8 Å². The number of rotatable bonds is 9. The van der Waals surface area contributed by atoms with Gasteiger partial charge in [-0.2, -0.15) is 0 Å². The normalized spacial score (nSPS) is 15.2. The summed E-state index contributed by atoms with van der Waals surface area (Å²) in [7, 11) is 2.16. The maximum absolute atomic E-state index is 5.88. The zero-order chi connectivity index (χ0) is 15.8. The van der Waals surface area contributed by atoms with Crippen molar-refractivity contribution in [3.05, 3.63) is 23.8 Å². The Balaban J connectivity index is 2.01. The van der Waals surface area contributed by atoms with Gasteiger partial charge in [-0.15, -0.1) is 0 Å². The number of benzene rings is 1. The fourth-order valence-electron chi connectivity index (χ4n) is 3.16. The third-order valence-electron chi connectivity index (χ3n) is 4.53. The molecule has 2 rings (SSSR count). The van der Waals surface area contributed by atoms with Crippen LogP contribution in [0.1, 0.15) is 57.9 Å². The summed E-state index contributed by atoms with van der Waals surface area (Å²) >= 11 is 0. The summed E-state index contributed by atoms with van der Waals surface area (Å²) in [4.78, 5) is 2.31. The summed E-state index contributed by atoms with van der Waals surface area (Å²) < 4.78 is 5.88. The Morgan fingerprint density at radius 3 is 2.68 bits per heavy atom. The van der Waals surface area contributed by atoms with Crippen molar-refractivity contribution < 1.29 is 4.74 Å². The average molecular weight is 304 g/mol. The van der Waals surface area contributed by atoms with Crippen LogP contribution in [0, 0.1) is 0 Å². The first-order valence-electron chi connectivity index (χ1n) is 8.94. The lowest BCUT2D eigenvalue weighted by molar-refractivity contribution is 0.340. The van der Waals surface area contributed by atoms with Gasteiger partial charge in [-0.3, -0.25) is 0 Å². The molecular formula is C19H32N2O. The topological polar surface area (TPSA) is 24.5 Å². The lowest BCUT2D eigenvalue weighted by Gasteiger charge is -2.23. The number of unbranched alkanes of at least 4 members (excludes halogenated alkanes) is 1. The van der Waals surface area contributed by atoms with Gasteiger partial charge in [0, 0.05) is 26.2 Å². The molecule has 0 aliphatic heterocycles. The molecule has 0 bridgehead atoms. The second-order valence-corrected chi connectivity index (χ2v) is 6.37. The van der Waals surface area contributed by atoms with Crippen molar-refractivity contribution in [1.82, 2.24) is 5.32 Å². The van der Waals surface area contributed by atoms with Gasteiger partial charge in [-0.05, 0) is 43.9 Å². The molecule has 1 N–H and O–H groups in total. The summed E-state index contributed by atoms with van der Waals surface area (Å²) in [6, 6.07) is 7.38. The predicted molar refractivity (Wildman–Crippen MR) is 94.9 cm³/mol. The molecule has 1 fully saturated rings. The van der Waals surface area contributed by atoms with E-state index in [2.05, 4.69) is 49.3 Å². The van der Waals surface area contributed by atoms with E-state index in [1.807, 2.05) is 0 Å². The molecule has 3 heteroatoms. The first-order chi connectivity index (χ1) is 10.7. The van der Waals surface area contributed by atoms with Crippen LogP contribution < -0.4 is 15.0 Å². The maximum atomic E-state index is 5.88. The van der Waals surface area contributed by atoms with E-state index in [0.29, 0.717) is 12.6 Å². The molecule has 1 aliphatic rings. The van der Waals surface area contributed by atoms with Crippen molar-refractivity contribution in [2.24, 2.45) is 0 Å². The van der Waals surface area contributed by atoms with E-state index in [4.69, 9.17) is 4.74 Å². The van der Waals surface area contributed by atoms with Crippen LogP contribution in [0.5, 0.6) is 5.75 Å². The summed E-state index contributed by atoms with van der Waals surface area (Å²) in [5.74, 6) is 1.02. The van der Waals surface area contributed by atoms with Crippen molar-refractivity contribution in [2.75, 3.05) is 25.1 Å². The molecule has 0 aromatic heterocycles. The lowest BCUT2D eigenvalue weighted by Crippen LogP contribution is -2.25. The molecule has 0 amide bonds. The highest BCUT2D eigenvalue weighted by molar-refractivity contribution is 5.59.